The lowest BCUT2D eigenvalue weighted by Gasteiger charge is -2.50. The van der Waals surface area contributed by atoms with E-state index in [0.29, 0.717) is 30.2 Å². The van der Waals surface area contributed by atoms with Crippen LogP contribution < -0.4 is 10.4 Å². The molecular formula is C27H30FN2O4S-. The second kappa shape index (κ2) is 9.12. The molecule has 0 saturated heterocycles. The van der Waals surface area contributed by atoms with E-state index in [0.717, 1.165) is 41.7 Å². The molecule has 1 aromatic heterocycles. The summed E-state index contributed by atoms with van der Waals surface area (Å²) < 4.78 is 14.8. The number of thiazole rings is 1. The molecule has 6 nitrogen and oxygen atoms in total. The van der Waals surface area contributed by atoms with Crippen molar-refractivity contribution in [2.45, 2.75) is 71.1 Å². The predicted octanol–water partition coefficient (Wildman–Crippen LogP) is 3.95. The summed E-state index contributed by atoms with van der Waals surface area (Å²) in [4.78, 5) is 42.0. The molecule has 0 radical (unpaired) electrons. The summed E-state index contributed by atoms with van der Waals surface area (Å²) >= 11 is 1.44. The van der Waals surface area contributed by atoms with Crippen LogP contribution in [0.15, 0.2) is 18.3 Å². The first-order chi connectivity index (χ1) is 16.7. The molecule has 8 heteroatoms. The highest BCUT2D eigenvalue weighted by atomic mass is 32.1. The molecule has 3 aliphatic carbocycles. The molecule has 2 aromatic rings. The topological polar surface area (TPSA) is 99.2 Å². The number of ketones is 1. The van der Waals surface area contributed by atoms with Crippen molar-refractivity contribution in [3.63, 3.8) is 0 Å². The number of anilines is 1. The van der Waals surface area contributed by atoms with Crippen LogP contribution in [0.1, 0.15) is 72.9 Å². The molecule has 186 valence electrons. The van der Waals surface area contributed by atoms with E-state index < -0.39 is 18.2 Å². The van der Waals surface area contributed by atoms with Crippen molar-refractivity contribution < 1.29 is 23.9 Å². The molecule has 1 aromatic carbocycles. The van der Waals surface area contributed by atoms with Gasteiger partial charge in [-0.3, -0.25) is 9.59 Å². The number of fused-ring (bicyclic) bond motifs is 5. The molecule has 3 unspecified atom stereocenters. The number of halogens is 1. The van der Waals surface area contributed by atoms with Crippen LogP contribution in [-0.2, 0) is 27.2 Å². The van der Waals surface area contributed by atoms with Crippen molar-refractivity contribution in [3.05, 3.63) is 45.7 Å². The number of rotatable bonds is 6. The number of benzene rings is 1. The molecule has 2 fully saturated rings. The largest absolute Gasteiger partial charge is 0.550 e. The molecule has 5 rings (SSSR count). The Balaban J connectivity index is 1.35. The quantitative estimate of drug-likeness (QED) is 0.652. The lowest BCUT2D eigenvalue weighted by molar-refractivity contribution is -0.304. The van der Waals surface area contributed by atoms with Crippen LogP contribution in [0.25, 0.3) is 0 Å². The zero-order valence-corrected chi connectivity index (χ0v) is 20.9. The predicted molar refractivity (Wildman–Crippen MR) is 128 cm³/mol. The fourth-order valence-electron chi connectivity index (χ4n) is 7.17. The Morgan fingerprint density at radius 3 is 2.83 bits per heavy atom. The van der Waals surface area contributed by atoms with Crippen LogP contribution in [0.3, 0.4) is 0 Å². The summed E-state index contributed by atoms with van der Waals surface area (Å²) in [6, 6.07) is 3.23. The first kappa shape index (κ1) is 24.1. The minimum atomic E-state index is -1.28. The third-order valence-corrected chi connectivity index (χ3v) is 9.51. The van der Waals surface area contributed by atoms with Crippen molar-refractivity contribution in [2.75, 3.05) is 5.32 Å². The molecule has 0 bridgehead atoms. The van der Waals surface area contributed by atoms with E-state index in [9.17, 15) is 23.9 Å². The van der Waals surface area contributed by atoms with E-state index in [2.05, 4.69) is 17.2 Å². The summed E-state index contributed by atoms with van der Waals surface area (Å²) in [5, 5.41) is 14.5. The van der Waals surface area contributed by atoms with Gasteiger partial charge in [-0.2, -0.15) is 0 Å². The molecule has 0 aliphatic heterocycles. The lowest BCUT2D eigenvalue weighted by Crippen LogP contribution is -2.44. The van der Waals surface area contributed by atoms with Crippen LogP contribution in [0.2, 0.25) is 0 Å². The van der Waals surface area contributed by atoms with Gasteiger partial charge in [0.25, 0.3) is 0 Å². The van der Waals surface area contributed by atoms with Crippen molar-refractivity contribution in [2.24, 2.45) is 23.2 Å². The van der Waals surface area contributed by atoms with E-state index in [4.69, 9.17) is 0 Å². The number of aromatic nitrogens is 1. The molecule has 5 atom stereocenters. The number of hydrogen-bond donors (Lipinski definition) is 1. The maximum Gasteiger partial charge on any atom is 0.226 e. The van der Waals surface area contributed by atoms with Gasteiger partial charge in [0, 0.05) is 41.7 Å². The number of hydrogen-bond acceptors (Lipinski definition) is 6. The van der Waals surface area contributed by atoms with Gasteiger partial charge in [0.2, 0.25) is 5.91 Å². The summed E-state index contributed by atoms with van der Waals surface area (Å²) in [5.41, 5.74) is 1.78. The Bertz CT molecular complexity index is 1190. The van der Waals surface area contributed by atoms with Gasteiger partial charge in [-0.25, -0.2) is 9.37 Å². The third kappa shape index (κ3) is 4.41. The highest BCUT2D eigenvalue weighted by Crippen LogP contribution is 2.62. The SMILES string of the molecule is Cc1cnc(NC(=O)CC[C@@H]2CC(=O)[C@@]3(C)CCC4c5cc(F)c(CC(=O)[O-])cc5CCC4C23)s1. The summed E-state index contributed by atoms with van der Waals surface area (Å²) in [6.07, 6.45) is 6.03. The highest BCUT2D eigenvalue weighted by molar-refractivity contribution is 7.15. The van der Waals surface area contributed by atoms with Crippen LogP contribution in [-0.4, -0.2) is 22.6 Å². The lowest BCUT2D eigenvalue weighted by atomic mass is 9.54. The molecular weight excluding hydrogens is 467 g/mol. The first-order valence-corrected chi connectivity index (χ1v) is 13.2. The number of carbonyl (C=O) groups is 3. The van der Waals surface area contributed by atoms with Crippen LogP contribution in [0.4, 0.5) is 9.52 Å². The van der Waals surface area contributed by atoms with Crippen LogP contribution in [0.5, 0.6) is 0 Å². The number of carboxylic acid groups (broad SMARTS) is 1. The third-order valence-electron chi connectivity index (χ3n) is 8.68. The number of carboxylic acids is 1. The Morgan fingerprint density at radius 2 is 2.11 bits per heavy atom. The zero-order chi connectivity index (χ0) is 24.9. The van der Waals surface area contributed by atoms with E-state index in [1.54, 1.807) is 12.3 Å². The molecule has 35 heavy (non-hydrogen) atoms. The van der Waals surface area contributed by atoms with Crippen molar-refractivity contribution in [1.82, 2.24) is 4.98 Å². The molecule has 0 spiro atoms. The normalized spacial score (nSPS) is 29.3. The number of nitrogens with zero attached hydrogens (tertiary/aromatic N) is 1. The summed E-state index contributed by atoms with van der Waals surface area (Å²) in [6.45, 7) is 4.03. The van der Waals surface area contributed by atoms with Crippen molar-refractivity contribution in [3.8, 4) is 0 Å². The Kier molecular flexibility index (Phi) is 6.28. The zero-order valence-electron chi connectivity index (χ0n) is 20.1. The fourth-order valence-corrected chi connectivity index (χ4v) is 7.85. The molecule has 1 amide bonds. The van der Waals surface area contributed by atoms with Gasteiger partial charge in [-0.15, -0.1) is 11.3 Å². The van der Waals surface area contributed by atoms with Gasteiger partial charge in [-0.1, -0.05) is 13.0 Å². The molecule has 3 aliphatic rings. The van der Waals surface area contributed by atoms with Gasteiger partial charge in [-0.05, 0) is 85.5 Å². The number of amides is 1. The number of carbonyl (C=O) groups excluding carboxylic acids is 3. The minimum absolute atomic E-state index is 0.0794. The van der Waals surface area contributed by atoms with E-state index in [-0.39, 0.29) is 40.6 Å². The van der Waals surface area contributed by atoms with Gasteiger partial charge in [0.1, 0.15) is 11.6 Å². The number of aryl methyl sites for hydroxylation is 2. The van der Waals surface area contributed by atoms with Crippen molar-refractivity contribution >= 4 is 34.1 Å². The smallest absolute Gasteiger partial charge is 0.226 e. The van der Waals surface area contributed by atoms with Crippen molar-refractivity contribution in [1.29, 1.82) is 0 Å². The Labute approximate surface area is 208 Å². The molecule has 1 N–H and O–H groups in total. The molecule has 1 heterocycles. The number of aliphatic carboxylic acids is 1. The number of nitrogens with one attached hydrogen (secondary N) is 1. The first-order valence-electron chi connectivity index (χ1n) is 12.4. The maximum atomic E-state index is 14.8. The minimum Gasteiger partial charge on any atom is -0.550 e. The maximum absolute atomic E-state index is 14.8. The van der Waals surface area contributed by atoms with Gasteiger partial charge in [0.05, 0.1) is 0 Å². The van der Waals surface area contributed by atoms with Crippen LogP contribution >= 0.6 is 11.3 Å². The molecule has 2 saturated carbocycles. The van der Waals surface area contributed by atoms with E-state index >= 15 is 0 Å². The van der Waals surface area contributed by atoms with E-state index in [1.807, 2.05) is 6.92 Å². The fraction of sp³-hybridized carbons (Fsp3) is 0.556. The second-order valence-electron chi connectivity index (χ2n) is 10.7. The van der Waals surface area contributed by atoms with Crippen LogP contribution in [0, 0.1) is 35.9 Å². The standard InChI is InChI=1S/C27H31FN2O4S/c1-14-13-29-26(35-14)30-23(32)6-4-16-10-22(31)27(2)8-7-18-19(25(16)27)5-3-15-9-17(11-24(33)34)21(28)12-20(15)18/h9,12-13,16,18-19,25H,3-8,10-11H2,1-2H3,(H,33,34)(H,29,30,32)/p-1/t16-,18?,19?,25?,27-/m1/s1. The number of Topliss-reactive ketones (excluding diaryl/α,β-unsaturated/α-hetero) is 1. The van der Waals surface area contributed by atoms with Gasteiger partial charge >= 0.3 is 0 Å². The Morgan fingerprint density at radius 1 is 1.31 bits per heavy atom. The second-order valence-corrected chi connectivity index (χ2v) is 12.0. The van der Waals surface area contributed by atoms with Gasteiger partial charge in [0.15, 0.2) is 5.13 Å². The monoisotopic (exact) mass is 497 g/mol. The summed E-state index contributed by atoms with van der Waals surface area (Å²) in [5.74, 6) is -0.844. The van der Waals surface area contributed by atoms with Gasteiger partial charge < -0.3 is 15.2 Å². The average Bonchev–Trinajstić information content (AvgIpc) is 3.32. The highest BCUT2D eigenvalue weighted by Gasteiger charge is 2.58. The average molecular weight is 498 g/mol. The Hall–Kier alpha value is -2.61. The summed E-state index contributed by atoms with van der Waals surface area (Å²) in [7, 11) is 0. The van der Waals surface area contributed by atoms with E-state index in [1.165, 1.54) is 17.4 Å².